The molecule has 0 atom stereocenters. The minimum absolute atomic E-state index is 0.569. The lowest BCUT2D eigenvalue weighted by atomic mass is 10.1. The molecule has 0 unspecified atom stereocenters. The molecule has 0 aliphatic carbocycles. The summed E-state index contributed by atoms with van der Waals surface area (Å²) >= 11 is 0. The second-order valence-electron chi connectivity index (χ2n) is 15.9. The van der Waals surface area contributed by atoms with Crippen molar-refractivity contribution >= 4 is 100 Å². The van der Waals surface area contributed by atoms with Crippen LogP contribution in [-0.2, 0) is 0 Å². The fourth-order valence-corrected chi connectivity index (χ4v) is 14.8. The monoisotopic (exact) mass is 806 g/mol. The van der Waals surface area contributed by atoms with E-state index >= 15 is 0 Å². The zero-order valence-electron chi connectivity index (χ0n) is 33.3. The molecule has 5 nitrogen and oxygen atoms in total. The number of furan rings is 1. The quantitative estimate of drug-likeness (QED) is 0.0955. The van der Waals surface area contributed by atoms with E-state index in [1.165, 1.54) is 31.5 Å². The molecule has 0 amide bonds. The maximum atomic E-state index is 9.87. The van der Waals surface area contributed by atoms with Crippen LogP contribution in [0.5, 0.6) is 0 Å². The number of nitrogens with zero attached hydrogens (tertiary/aromatic N) is 4. The molecule has 0 aliphatic heterocycles. The van der Waals surface area contributed by atoms with Crippen LogP contribution in [0.2, 0.25) is 0 Å². The molecule has 9 aromatic carbocycles. The van der Waals surface area contributed by atoms with Crippen molar-refractivity contribution in [2.75, 3.05) is 0 Å². The van der Waals surface area contributed by atoms with Crippen molar-refractivity contribution in [2.24, 2.45) is 0 Å². The first-order valence-corrected chi connectivity index (χ1v) is 22.7. The van der Waals surface area contributed by atoms with Crippen molar-refractivity contribution in [1.29, 1.82) is 5.26 Å². The number of nitriles is 1. The summed E-state index contributed by atoms with van der Waals surface area (Å²) in [6.07, 6.45) is 0. The molecular formula is C56H34N4OSi. The van der Waals surface area contributed by atoms with Crippen LogP contribution in [0.25, 0.3) is 81.8 Å². The van der Waals surface area contributed by atoms with Crippen LogP contribution in [0.4, 0.5) is 5.69 Å². The summed E-state index contributed by atoms with van der Waals surface area (Å²) in [7, 11) is -3.00. The standard InChI is InChI=1S/C56H34N4OSi/c1-58-38-24-30-53-48(32-38)47-31-37(36-57)23-29-52(47)60(53)40-13-12-18-44(33-40)62(41-14-4-2-5-15-41,42-16-6-3-7-17-42)43-27-25-39(26-28-43)59-51-21-10-8-19-45(51)49-34-50-46-20-9-11-22-55(46)61-56(50)35-54(49)59/h2-35H. The minimum Gasteiger partial charge on any atom is -0.456 e. The van der Waals surface area contributed by atoms with Gasteiger partial charge in [0.25, 0.3) is 0 Å². The highest BCUT2D eigenvalue weighted by Crippen LogP contribution is 2.39. The molecule has 12 rings (SSSR count). The van der Waals surface area contributed by atoms with Gasteiger partial charge in [0, 0.05) is 44.4 Å². The molecule has 0 bridgehead atoms. The number of benzene rings is 9. The fourth-order valence-electron chi connectivity index (χ4n) is 10.0. The third-order valence-electron chi connectivity index (χ3n) is 12.7. The van der Waals surface area contributed by atoms with Gasteiger partial charge in [0.15, 0.2) is 13.8 Å². The van der Waals surface area contributed by atoms with Gasteiger partial charge in [-0.3, -0.25) is 0 Å². The Morgan fingerprint density at radius 3 is 1.76 bits per heavy atom. The van der Waals surface area contributed by atoms with Gasteiger partial charge in [0.2, 0.25) is 0 Å². The topological polar surface area (TPSA) is 51.1 Å². The normalized spacial score (nSPS) is 11.8. The SMILES string of the molecule is [C-]#[N+]c1ccc2c(c1)c1cc(C#N)ccc1n2-c1cccc([Si](c2ccccc2)(c2ccccc2)c2ccc(-n3c4ccccc4c4cc5c(cc43)oc3ccccc35)cc2)c1. The molecule has 12 aromatic rings. The van der Waals surface area contributed by atoms with E-state index in [-0.39, 0.29) is 0 Å². The molecule has 3 aromatic heterocycles. The largest absolute Gasteiger partial charge is 0.456 e. The van der Waals surface area contributed by atoms with E-state index in [0.717, 1.165) is 66.2 Å². The Morgan fingerprint density at radius 2 is 1.02 bits per heavy atom. The second kappa shape index (κ2) is 13.8. The highest BCUT2D eigenvalue weighted by molar-refractivity contribution is 7.19. The first-order chi connectivity index (χ1) is 30.6. The van der Waals surface area contributed by atoms with Crippen LogP contribution in [-0.4, -0.2) is 17.2 Å². The fraction of sp³-hybridized carbons (Fsp3) is 0. The predicted octanol–water partition coefficient (Wildman–Crippen LogP) is 11.6. The van der Waals surface area contributed by atoms with Crippen molar-refractivity contribution in [1.82, 2.24) is 9.13 Å². The molecule has 0 radical (unpaired) electrons. The van der Waals surface area contributed by atoms with Crippen molar-refractivity contribution in [3.63, 3.8) is 0 Å². The molecule has 62 heavy (non-hydrogen) atoms. The third-order valence-corrected chi connectivity index (χ3v) is 17.5. The zero-order valence-corrected chi connectivity index (χ0v) is 34.3. The Kier molecular flexibility index (Phi) is 7.92. The smallest absolute Gasteiger partial charge is 0.188 e. The van der Waals surface area contributed by atoms with Crippen LogP contribution in [0.1, 0.15) is 5.56 Å². The summed E-state index contributed by atoms with van der Waals surface area (Å²) in [5, 5.41) is 21.5. The molecule has 0 N–H and O–H groups in total. The Bertz CT molecular complexity index is 3720. The van der Waals surface area contributed by atoms with Crippen LogP contribution >= 0.6 is 0 Å². The summed E-state index contributed by atoms with van der Waals surface area (Å²) in [6, 6.07) is 75.7. The number of aromatic nitrogens is 2. The molecule has 0 spiro atoms. The van der Waals surface area contributed by atoms with E-state index in [4.69, 9.17) is 11.0 Å². The Balaban J connectivity index is 1.09. The average Bonchev–Trinajstić information content (AvgIpc) is 3.98. The number of hydrogen-bond acceptors (Lipinski definition) is 2. The van der Waals surface area contributed by atoms with E-state index in [1.54, 1.807) is 0 Å². The molecule has 6 heteroatoms. The maximum Gasteiger partial charge on any atom is 0.188 e. The summed E-state index contributed by atoms with van der Waals surface area (Å²) in [6.45, 7) is 7.76. The molecule has 0 aliphatic rings. The van der Waals surface area contributed by atoms with E-state index in [1.807, 2.05) is 48.5 Å². The second-order valence-corrected chi connectivity index (χ2v) is 19.7. The third kappa shape index (κ3) is 5.18. The van der Waals surface area contributed by atoms with Gasteiger partial charge in [-0.15, -0.1) is 0 Å². The van der Waals surface area contributed by atoms with Gasteiger partial charge in [0.1, 0.15) is 11.2 Å². The summed E-state index contributed by atoms with van der Waals surface area (Å²) in [5.74, 6) is 0. The highest BCUT2D eigenvalue weighted by atomic mass is 28.3. The Morgan fingerprint density at radius 1 is 0.419 bits per heavy atom. The van der Waals surface area contributed by atoms with Gasteiger partial charge >= 0.3 is 0 Å². The summed E-state index contributed by atoms with van der Waals surface area (Å²) < 4.78 is 11.1. The van der Waals surface area contributed by atoms with Gasteiger partial charge in [-0.05, 0) is 98.9 Å². The van der Waals surface area contributed by atoms with E-state index in [9.17, 15) is 5.26 Å². The molecule has 288 valence electrons. The molecular weight excluding hydrogens is 773 g/mol. The van der Waals surface area contributed by atoms with Crippen LogP contribution < -0.4 is 20.7 Å². The molecule has 0 saturated carbocycles. The van der Waals surface area contributed by atoms with Crippen LogP contribution in [0, 0.1) is 17.9 Å². The van der Waals surface area contributed by atoms with Gasteiger partial charge in [0.05, 0.1) is 40.3 Å². The van der Waals surface area contributed by atoms with Crippen molar-refractivity contribution in [3.05, 3.63) is 223 Å². The van der Waals surface area contributed by atoms with Gasteiger partial charge in [-0.25, -0.2) is 4.85 Å². The van der Waals surface area contributed by atoms with Crippen LogP contribution in [0.3, 0.4) is 0 Å². The Hall–Kier alpha value is -8.42. The lowest BCUT2D eigenvalue weighted by molar-refractivity contribution is 0.669. The minimum atomic E-state index is -3.00. The first kappa shape index (κ1) is 35.5. The summed E-state index contributed by atoms with van der Waals surface area (Å²) in [5.41, 5.74) is 9.24. The van der Waals surface area contributed by atoms with Gasteiger partial charge < -0.3 is 13.6 Å². The van der Waals surface area contributed by atoms with Crippen LogP contribution in [0.15, 0.2) is 211 Å². The van der Waals surface area contributed by atoms with E-state index < -0.39 is 8.07 Å². The first-order valence-electron chi connectivity index (χ1n) is 20.7. The predicted molar refractivity (Wildman–Crippen MR) is 257 cm³/mol. The highest BCUT2D eigenvalue weighted by Gasteiger charge is 2.41. The number of rotatable bonds is 6. The zero-order chi connectivity index (χ0) is 41.4. The van der Waals surface area contributed by atoms with Crippen molar-refractivity contribution in [2.45, 2.75) is 0 Å². The van der Waals surface area contributed by atoms with E-state index in [2.05, 4.69) is 178 Å². The van der Waals surface area contributed by atoms with Crippen molar-refractivity contribution < 1.29 is 4.42 Å². The average molecular weight is 807 g/mol. The van der Waals surface area contributed by atoms with Crippen molar-refractivity contribution in [3.8, 4) is 17.4 Å². The lowest BCUT2D eigenvalue weighted by Gasteiger charge is -2.35. The van der Waals surface area contributed by atoms with Gasteiger partial charge in [-0.2, -0.15) is 5.26 Å². The molecule has 0 fully saturated rings. The van der Waals surface area contributed by atoms with Gasteiger partial charge in [-0.1, -0.05) is 127 Å². The lowest BCUT2D eigenvalue weighted by Crippen LogP contribution is -2.74. The number of para-hydroxylation sites is 2. The number of fused-ring (bicyclic) bond motifs is 9. The number of hydrogen-bond donors (Lipinski definition) is 0. The Labute approximate surface area is 358 Å². The van der Waals surface area contributed by atoms with E-state index in [0.29, 0.717) is 11.3 Å². The molecule has 0 saturated heterocycles. The molecule has 3 heterocycles. The summed E-state index contributed by atoms with van der Waals surface area (Å²) in [4.78, 5) is 3.75. The maximum absolute atomic E-state index is 9.87.